The first-order valence-electron chi connectivity index (χ1n) is 9.10. The van der Waals surface area contributed by atoms with Crippen LogP contribution in [0.25, 0.3) is 11.0 Å². The van der Waals surface area contributed by atoms with Crippen molar-refractivity contribution in [3.63, 3.8) is 0 Å². The predicted molar refractivity (Wildman–Crippen MR) is 96.0 cm³/mol. The number of benzene rings is 1. The number of aromatic nitrogens is 2. The van der Waals surface area contributed by atoms with Crippen molar-refractivity contribution >= 4 is 22.9 Å². The highest BCUT2D eigenvalue weighted by molar-refractivity contribution is 5.91. The highest BCUT2D eigenvalue weighted by Crippen LogP contribution is 2.28. The Morgan fingerprint density at radius 3 is 2.92 bits per heavy atom. The summed E-state index contributed by atoms with van der Waals surface area (Å²) in [6.07, 6.45) is 6.39. The molecule has 0 aliphatic heterocycles. The van der Waals surface area contributed by atoms with Crippen molar-refractivity contribution in [3.8, 4) is 0 Å². The van der Waals surface area contributed by atoms with Crippen molar-refractivity contribution in [2.24, 2.45) is 5.92 Å². The lowest BCUT2D eigenvalue weighted by molar-refractivity contribution is -0.117. The molecule has 5 heteroatoms. The molecule has 130 valence electrons. The van der Waals surface area contributed by atoms with Gasteiger partial charge in [0.15, 0.2) is 0 Å². The lowest BCUT2D eigenvalue weighted by atomic mass is 10.0. The largest absolute Gasteiger partial charge is 0.382 e. The first-order valence-corrected chi connectivity index (χ1v) is 9.10. The van der Waals surface area contributed by atoms with E-state index in [9.17, 15) is 4.79 Å². The Morgan fingerprint density at radius 1 is 1.33 bits per heavy atom. The minimum atomic E-state index is 0.0864. The van der Waals surface area contributed by atoms with E-state index in [1.807, 2.05) is 25.1 Å². The summed E-state index contributed by atoms with van der Waals surface area (Å²) in [7, 11) is 0. The normalized spacial score (nSPS) is 15.2. The molecule has 0 bridgehead atoms. The molecule has 2 aromatic rings. The molecule has 1 N–H and O–H groups in total. The summed E-state index contributed by atoms with van der Waals surface area (Å²) >= 11 is 0. The number of carbonyl (C=O) groups excluding carboxylic acids is 1. The summed E-state index contributed by atoms with van der Waals surface area (Å²) in [6.45, 7) is 4.25. The average Bonchev–Trinajstić information content (AvgIpc) is 3.19. The number of ether oxygens (including phenoxy) is 1. The van der Waals surface area contributed by atoms with E-state index in [4.69, 9.17) is 4.74 Å². The van der Waals surface area contributed by atoms with Crippen LogP contribution in [-0.2, 0) is 16.1 Å². The van der Waals surface area contributed by atoms with Gasteiger partial charge in [-0.15, -0.1) is 0 Å². The summed E-state index contributed by atoms with van der Waals surface area (Å²) in [5, 5.41) is 3.04. The van der Waals surface area contributed by atoms with Crippen LogP contribution in [0.2, 0.25) is 0 Å². The number of rotatable bonds is 8. The van der Waals surface area contributed by atoms with Gasteiger partial charge in [0.25, 0.3) is 0 Å². The van der Waals surface area contributed by atoms with E-state index >= 15 is 0 Å². The molecule has 0 saturated heterocycles. The van der Waals surface area contributed by atoms with E-state index in [2.05, 4.69) is 20.9 Å². The van der Waals surface area contributed by atoms with E-state index in [1.165, 1.54) is 25.7 Å². The number of hydrogen-bond acceptors (Lipinski definition) is 3. The molecule has 0 atom stereocenters. The van der Waals surface area contributed by atoms with Gasteiger partial charge in [0.2, 0.25) is 11.9 Å². The van der Waals surface area contributed by atoms with Gasteiger partial charge in [-0.25, -0.2) is 4.98 Å². The maximum Gasteiger partial charge on any atom is 0.226 e. The molecular formula is C19H27N3O2. The molecule has 1 fully saturated rings. The number of anilines is 1. The average molecular weight is 329 g/mol. The monoisotopic (exact) mass is 329 g/mol. The third kappa shape index (κ3) is 4.15. The van der Waals surface area contributed by atoms with E-state index in [-0.39, 0.29) is 5.91 Å². The van der Waals surface area contributed by atoms with Gasteiger partial charge >= 0.3 is 0 Å². The Kier molecular flexibility index (Phi) is 5.86. The van der Waals surface area contributed by atoms with Gasteiger partial charge in [0.05, 0.1) is 11.0 Å². The van der Waals surface area contributed by atoms with E-state index in [1.54, 1.807) is 0 Å². The number of nitrogens with one attached hydrogen (secondary N) is 1. The van der Waals surface area contributed by atoms with Crippen LogP contribution < -0.4 is 5.32 Å². The van der Waals surface area contributed by atoms with Crippen molar-refractivity contribution in [2.75, 3.05) is 18.5 Å². The number of imidazole rings is 1. The van der Waals surface area contributed by atoms with E-state index < -0.39 is 0 Å². The smallest absolute Gasteiger partial charge is 0.226 e. The van der Waals surface area contributed by atoms with Crippen molar-refractivity contribution in [2.45, 2.75) is 52.0 Å². The Bertz CT molecular complexity index is 674. The summed E-state index contributed by atoms with van der Waals surface area (Å²) in [4.78, 5) is 17.0. The summed E-state index contributed by atoms with van der Waals surface area (Å²) in [5.74, 6) is 1.29. The van der Waals surface area contributed by atoms with Gasteiger partial charge in [0, 0.05) is 26.2 Å². The van der Waals surface area contributed by atoms with Crippen molar-refractivity contribution in [1.29, 1.82) is 0 Å². The van der Waals surface area contributed by atoms with Gasteiger partial charge in [-0.2, -0.15) is 0 Å². The second-order valence-electron chi connectivity index (χ2n) is 6.53. The lowest BCUT2D eigenvalue weighted by Gasteiger charge is -2.12. The van der Waals surface area contributed by atoms with Crippen LogP contribution >= 0.6 is 0 Å². The second-order valence-corrected chi connectivity index (χ2v) is 6.53. The number of nitrogens with zero attached hydrogens (tertiary/aromatic N) is 2. The number of hydrogen-bond donors (Lipinski definition) is 1. The Balaban J connectivity index is 1.71. The van der Waals surface area contributed by atoms with Crippen LogP contribution in [0.4, 0.5) is 5.95 Å². The number of para-hydroxylation sites is 2. The number of aryl methyl sites for hydroxylation is 1. The molecule has 1 aliphatic rings. The van der Waals surface area contributed by atoms with Crippen LogP contribution in [-0.4, -0.2) is 28.7 Å². The maximum absolute atomic E-state index is 12.4. The summed E-state index contributed by atoms with van der Waals surface area (Å²) in [6, 6.07) is 8.02. The van der Waals surface area contributed by atoms with Gasteiger partial charge in [-0.1, -0.05) is 25.0 Å². The molecular weight excluding hydrogens is 302 g/mol. The van der Waals surface area contributed by atoms with E-state index in [0.29, 0.717) is 18.3 Å². The van der Waals surface area contributed by atoms with E-state index in [0.717, 1.165) is 37.2 Å². The van der Waals surface area contributed by atoms with Crippen molar-refractivity contribution in [1.82, 2.24) is 9.55 Å². The molecule has 1 heterocycles. The molecule has 1 saturated carbocycles. The standard InChI is InChI=1S/C19H27N3O2/c1-2-24-13-7-12-22-17-11-6-5-10-16(17)20-19(22)21-18(23)14-15-8-3-4-9-15/h5-6,10-11,15H,2-4,7-9,12-14H2,1H3,(H,20,21,23). The number of carbonyl (C=O) groups is 1. The Morgan fingerprint density at radius 2 is 2.12 bits per heavy atom. The third-order valence-electron chi connectivity index (χ3n) is 4.73. The molecule has 1 aromatic heterocycles. The van der Waals surface area contributed by atoms with Crippen LogP contribution in [0, 0.1) is 5.92 Å². The quantitative estimate of drug-likeness (QED) is 0.745. The zero-order valence-electron chi connectivity index (χ0n) is 14.5. The summed E-state index contributed by atoms with van der Waals surface area (Å²) in [5.41, 5.74) is 1.98. The van der Waals surface area contributed by atoms with Gasteiger partial charge < -0.3 is 9.30 Å². The topological polar surface area (TPSA) is 56.1 Å². The molecule has 0 radical (unpaired) electrons. The molecule has 0 spiro atoms. The number of fused-ring (bicyclic) bond motifs is 1. The molecule has 1 amide bonds. The van der Waals surface area contributed by atoms with Crippen LogP contribution in [0.5, 0.6) is 0 Å². The molecule has 5 nitrogen and oxygen atoms in total. The third-order valence-corrected chi connectivity index (χ3v) is 4.73. The van der Waals surface area contributed by atoms with Crippen LogP contribution in [0.1, 0.15) is 45.4 Å². The molecule has 1 aliphatic carbocycles. The molecule has 3 rings (SSSR count). The first kappa shape index (κ1) is 17.0. The van der Waals surface area contributed by atoms with Crippen molar-refractivity contribution in [3.05, 3.63) is 24.3 Å². The fourth-order valence-corrected chi connectivity index (χ4v) is 3.52. The zero-order chi connectivity index (χ0) is 16.8. The minimum Gasteiger partial charge on any atom is -0.382 e. The van der Waals surface area contributed by atoms with Crippen LogP contribution in [0.15, 0.2) is 24.3 Å². The predicted octanol–water partition coefficient (Wildman–Crippen LogP) is 3.98. The molecule has 0 unspecified atom stereocenters. The van der Waals surface area contributed by atoms with Gasteiger partial charge in [0.1, 0.15) is 0 Å². The minimum absolute atomic E-state index is 0.0864. The zero-order valence-corrected chi connectivity index (χ0v) is 14.5. The number of amides is 1. The highest BCUT2D eigenvalue weighted by atomic mass is 16.5. The van der Waals surface area contributed by atoms with Crippen molar-refractivity contribution < 1.29 is 9.53 Å². The second kappa shape index (κ2) is 8.29. The fraction of sp³-hybridized carbons (Fsp3) is 0.579. The van der Waals surface area contributed by atoms with Crippen LogP contribution in [0.3, 0.4) is 0 Å². The fourth-order valence-electron chi connectivity index (χ4n) is 3.52. The maximum atomic E-state index is 12.4. The van der Waals surface area contributed by atoms with Gasteiger partial charge in [-0.3, -0.25) is 10.1 Å². The molecule has 1 aromatic carbocycles. The summed E-state index contributed by atoms with van der Waals surface area (Å²) < 4.78 is 7.53. The lowest BCUT2D eigenvalue weighted by Crippen LogP contribution is -2.18. The Labute approximate surface area is 143 Å². The first-order chi connectivity index (χ1) is 11.8. The highest BCUT2D eigenvalue weighted by Gasteiger charge is 2.20. The molecule has 24 heavy (non-hydrogen) atoms. The SMILES string of the molecule is CCOCCCn1c(NC(=O)CC2CCCC2)nc2ccccc21. The Hall–Kier alpha value is -1.88. The van der Waals surface area contributed by atoms with Gasteiger partial charge in [-0.05, 0) is 44.2 Å².